The predicted molar refractivity (Wildman–Crippen MR) is 146 cm³/mol. The van der Waals surface area contributed by atoms with Gasteiger partial charge in [0.05, 0.1) is 6.61 Å². The maximum atomic E-state index is 12.7. The van der Waals surface area contributed by atoms with Crippen molar-refractivity contribution in [2.45, 2.75) is 105 Å². The Hall–Kier alpha value is -2.30. The number of aliphatic hydroxyl groups excluding tert-OH is 1. The second-order valence-electron chi connectivity index (χ2n) is 13.5. The monoisotopic (exact) mass is 507 g/mol. The maximum absolute atomic E-state index is 12.7. The van der Waals surface area contributed by atoms with Crippen LogP contribution in [0.4, 0.5) is 4.79 Å². The number of carbonyl (C=O) groups excluding carboxylic acids is 2. The standard InChI is InChI=1S/C32H45NO4/c1-8-32-17-15-30(6)22-18-23(34)26(35)20(3)21(22)10-11-24(30)31(32,7)16-13-28(4)12-14-29(5,19-25(28)32)33-27(36)37-9-2/h10-11,18,25,35H,8-9,12-17,19H2,1-7H3,(H,33,36)/t25-,28-,29-,30+,31-,32+/m1/s1. The Morgan fingerprint density at radius 1 is 1.05 bits per heavy atom. The molecular weight excluding hydrogens is 462 g/mol. The van der Waals surface area contributed by atoms with Gasteiger partial charge in [0, 0.05) is 16.5 Å². The summed E-state index contributed by atoms with van der Waals surface area (Å²) in [5, 5.41) is 13.6. The van der Waals surface area contributed by atoms with Crippen LogP contribution in [0.1, 0.15) is 99.8 Å². The highest BCUT2D eigenvalue weighted by molar-refractivity contribution is 6.06. The molecular formula is C32H45NO4. The molecule has 0 bridgehead atoms. The number of alkyl carbamates (subject to hydrolysis) is 1. The van der Waals surface area contributed by atoms with Crippen LogP contribution in [0.5, 0.6) is 0 Å². The molecule has 5 heteroatoms. The Morgan fingerprint density at radius 3 is 2.43 bits per heavy atom. The number of fused-ring (bicyclic) bond motifs is 7. The minimum atomic E-state index is -0.304. The molecule has 0 aromatic rings. The lowest BCUT2D eigenvalue weighted by atomic mass is 9.34. The molecule has 0 unspecified atom stereocenters. The normalized spacial score (nSPS) is 42.8. The van der Waals surface area contributed by atoms with E-state index in [1.807, 2.05) is 13.8 Å². The van der Waals surface area contributed by atoms with Crippen LogP contribution >= 0.6 is 0 Å². The molecule has 0 radical (unpaired) electrons. The minimum absolute atomic E-state index is 0.00979. The van der Waals surface area contributed by atoms with Crippen molar-refractivity contribution in [3.8, 4) is 0 Å². The van der Waals surface area contributed by atoms with Gasteiger partial charge < -0.3 is 15.2 Å². The van der Waals surface area contributed by atoms with Crippen molar-refractivity contribution >= 4 is 11.9 Å². The number of ether oxygens (including phenoxy) is 1. The van der Waals surface area contributed by atoms with E-state index < -0.39 is 0 Å². The topological polar surface area (TPSA) is 75.6 Å². The molecule has 6 atom stereocenters. The molecule has 0 heterocycles. The number of ketones is 1. The van der Waals surface area contributed by atoms with Crippen molar-refractivity contribution in [2.75, 3.05) is 6.61 Å². The molecule has 0 aliphatic heterocycles. The average Bonchev–Trinajstić information content (AvgIpc) is 2.84. The lowest BCUT2D eigenvalue weighted by Crippen LogP contribution is -2.65. The first-order valence-electron chi connectivity index (χ1n) is 14.3. The summed E-state index contributed by atoms with van der Waals surface area (Å²) >= 11 is 0. The number of allylic oxidation sites excluding steroid dienone is 7. The van der Waals surface area contributed by atoms with Crippen LogP contribution in [-0.4, -0.2) is 29.1 Å². The van der Waals surface area contributed by atoms with Crippen LogP contribution in [0.25, 0.3) is 0 Å². The average molecular weight is 508 g/mol. The van der Waals surface area contributed by atoms with Crippen molar-refractivity contribution in [2.24, 2.45) is 27.6 Å². The van der Waals surface area contributed by atoms with E-state index in [-0.39, 0.29) is 44.8 Å². The zero-order valence-electron chi connectivity index (χ0n) is 23.8. The number of rotatable bonds is 3. The van der Waals surface area contributed by atoms with Crippen LogP contribution in [0.2, 0.25) is 0 Å². The summed E-state index contributed by atoms with van der Waals surface area (Å²) in [7, 11) is 0. The van der Waals surface area contributed by atoms with Gasteiger partial charge in [0.25, 0.3) is 0 Å². The van der Waals surface area contributed by atoms with Gasteiger partial charge >= 0.3 is 6.09 Å². The molecule has 2 N–H and O–H groups in total. The summed E-state index contributed by atoms with van der Waals surface area (Å²) in [4.78, 5) is 25.2. The fraction of sp³-hybridized carbons (Fsp3) is 0.688. The molecule has 37 heavy (non-hydrogen) atoms. The molecule has 1 amide bonds. The number of aliphatic hydroxyl groups is 1. The zero-order chi connectivity index (χ0) is 27.0. The number of carbonyl (C=O) groups is 2. The van der Waals surface area contributed by atoms with Gasteiger partial charge in [-0.25, -0.2) is 4.79 Å². The molecule has 3 saturated carbocycles. The number of amides is 1. The summed E-state index contributed by atoms with van der Waals surface area (Å²) in [6, 6.07) is 0. The van der Waals surface area contributed by atoms with Gasteiger partial charge in [-0.1, -0.05) is 45.4 Å². The van der Waals surface area contributed by atoms with Crippen LogP contribution in [-0.2, 0) is 9.53 Å². The molecule has 5 rings (SSSR count). The van der Waals surface area contributed by atoms with Gasteiger partial charge in [0.15, 0.2) is 5.76 Å². The van der Waals surface area contributed by atoms with Crippen molar-refractivity contribution in [1.82, 2.24) is 5.32 Å². The Balaban J connectivity index is 1.59. The zero-order valence-corrected chi connectivity index (χ0v) is 23.8. The van der Waals surface area contributed by atoms with Crippen LogP contribution in [0, 0.1) is 27.6 Å². The first kappa shape index (κ1) is 26.3. The third-order valence-electron chi connectivity index (χ3n) is 11.8. The Labute approximate surface area is 222 Å². The summed E-state index contributed by atoms with van der Waals surface area (Å²) in [6.45, 7) is 16.0. The van der Waals surface area contributed by atoms with E-state index in [0.29, 0.717) is 18.1 Å². The molecule has 0 aromatic heterocycles. The van der Waals surface area contributed by atoms with E-state index in [9.17, 15) is 14.7 Å². The molecule has 0 aromatic carbocycles. The highest BCUT2D eigenvalue weighted by Crippen LogP contribution is 2.76. The second-order valence-corrected chi connectivity index (χ2v) is 13.5. The minimum Gasteiger partial charge on any atom is -0.504 e. The van der Waals surface area contributed by atoms with Crippen LogP contribution in [0.15, 0.2) is 46.3 Å². The lowest BCUT2D eigenvalue weighted by molar-refractivity contribution is -0.165. The van der Waals surface area contributed by atoms with Gasteiger partial charge in [-0.15, -0.1) is 0 Å². The van der Waals surface area contributed by atoms with E-state index in [1.54, 1.807) is 6.08 Å². The highest BCUT2D eigenvalue weighted by atomic mass is 16.5. The van der Waals surface area contributed by atoms with Crippen molar-refractivity contribution in [1.29, 1.82) is 0 Å². The van der Waals surface area contributed by atoms with Crippen LogP contribution < -0.4 is 5.32 Å². The number of hydrogen-bond acceptors (Lipinski definition) is 4. The van der Waals surface area contributed by atoms with E-state index in [4.69, 9.17) is 4.74 Å². The first-order chi connectivity index (χ1) is 17.3. The molecule has 0 spiro atoms. The molecule has 202 valence electrons. The van der Waals surface area contributed by atoms with Gasteiger partial charge in [-0.2, -0.15) is 0 Å². The molecule has 5 nitrogen and oxygen atoms in total. The quantitative estimate of drug-likeness (QED) is 0.415. The Bertz CT molecular complexity index is 1180. The number of nitrogens with one attached hydrogen (secondary N) is 1. The molecule has 0 saturated heterocycles. The summed E-state index contributed by atoms with van der Waals surface area (Å²) in [6.07, 6.45) is 14.4. The largest absolute Gasteiger partial charge is 0.504 e. The molecule has 5 aliphatic carbocycles. The molecule has 5 aliphatic rings. The van der Waals surface area contributed by atoms with E-state index in [2.05, 4.69) is 52.1 Å². The van der Waals surface area contributed by atoms with Gasteiger partial charge in [-0.3, -0.25) is 4.79 Å². The molecule has 3 fully saturated rings. The van der Waals surface area contributed by atoms with E-state index in [0.717, 1.165) is 56.1 Å². The summed E-state index contributed by atoms with van der Waals surface area (Å²) in [5.74, 6) is 0.0891. The Kier molecular flexibility index (Phi) is 5.94. The third kappa shape index (κ3) is 3.48. The van der Waals surface area contributed by atoms with Crippen molar-refractivity contribution < 1.29 is 19.4 Å². The van der Waals surface area contributed by atoms with Crippen molar-refractivity contribution in [3.63, 3.8) is 0 Å². The second kappa shape index (κ2) is 8.35. The first-order valence-corrected chi connectivity index (χ1v) is 14.3. The summed E-state index contributed by atoms with van der Waals surface area (Å²) < 4.78 is 5.29. The summed E-state index contributed by atoms with van der Waals surface area (Å²) in [5.41, 5.74) is 4.11. The van der Waals surface area contributed by atoms with Gasteiger partial charge in [0.1, 0.15) is 0 Å². The fourth-order valence-corrected chi connectivity index (χ4v) is 9.55. The van der Waals surface area contributed by atoms with E-state index in [1.165, 1.54) is 12.0 Å². The lowest BCUT2D eigenvalue weighted by Gasteiger charge is -2.71. The predicted octanol–water partition coefficient (Wildman–Crippen LogP) is 7.50. The number of hydrogen-bond donors (Lipinski definition) is 2. The van der Waals surface area contributed by atoms with Gasteiger partial charge in [-0.05, 0) is 112 Å². The van der Waals surface area contributed by atoms with E-state index >= 15 is 0 Å². The third-order valence-corrected chi connectivity index (χ3v) is 11.8. The van der Waals surface area contributed by atoms with Gasteiger partial charge in [0.2, 0.25) is 5.78 Å². The van der Waals surface area contributed by atoms with Crippen molar-refractivity contribution in [3.05, 3.63) is 46.3 Å². The maximum Gasteiger partial charge on any atom is 0.407 e. The van der Waals surface area contributed by atoms with Crippen LogP contribution in [0.3, 0.4) is 0 Å². The fourth-order valence-electron chi connectivity index (χ4n) is 9.55. The Morgan fingerprint density at radius 2 is 1.76 bits per heavy atom. The SMILES string of the molecule is CCOC(=O)N[C@]1(C)CC[C@]2(C)CC[C@]3(C)C4=CC=C5C(=CC(=O)C(O)=C5C)[C@]4(C)CC[C@@]3(CC)[C@@H]2C1. The highest BCUT2D eigenvalue weighted by Gasteiger charge is 2.67. The smallest absolute Gasteiger partial charge is 0.407 e.